The standard InChI is InChI=1S/C14H28N2O2S/c15-19(17,18)11-10-16-14-9-5-4-8-13(14)12-6-2-1-3-7-12/h12-14,16H,1-11H2,(H2,15,17,18). The normalized spacial score (nSPS) is 30.4. The molecule has 3 N–H and O–H groups in total. The van der Waals surface area contributed by atoms with Gasteiger partial charge in [-0.3, -0.25) is 0 Å². The maximum Gasteiger partial charge on any atom is 0.210 e. The molecule has 0 aromatic heterocycles. The van der Waals surface area contributed by atoms with E-state index >= 15 is 0 Å². The summed E-state index contributed by atoms with van der Waals surface area (Å²) in [6, 6.07) is 0.513. The molecule has 2 aliphatic rings. The predicted molar refractivity (Wildman–Crippen MR) is 78.3 cm³/mol. The van der Waals surface area contributed by atoms with Crippen LogP contribution in [0.4, 0.5) is 0 Å². The molecule has 0 spiro atoms. The van der Waals surface area contributed by atoms with E-state index in [0.717, 1.165) is 11.8 Å². The van der Waals surface area contributed by atoms with Crippen molar-refractivity contribution in [1.82, 2.24) is 5.32 Å². The summed E-state index contributed by atoms with van der Waals surface area (Å²) < 4.78 is 22.0. The van der Waals surface area contributed by atoms with Crippen LogP contribution in [0.5, 0.6) is 0 Å². The molecule has 2 unspecified atom stereocenters. The van der Waals surface area contributed by atoms with Gasteiger partial charge in [-0.15, -0.1) is 0 Å². The molecule has 2 saturated carbocycles. The lowest BCUT2D eigenvalue weighted by atomic mass is 9.71. The van der Waals surface area contributed by atoms with E-state index in [9.17, 15) is 8.42 Å². The topological polar surface area (TPSA) is 72.2 Å². The maximum absolute atomic E-state index is 11.0. The van der Waals surface area contributed by atoms with Crippen LogP contribution in [0.3, 0.4) is 0 Å². The summed E-state index contributed by atoms with van der Waals surface area (Å²) in [5.41, 5.74) is 0. The molecule has 0 amide bonds. The van der Waals surface area contributed by atoms with Crippen molar-refractivity contribution in [2.24, 2.45) is 17.0 Å². The van der Waals surface area contributed by atoms with Gasteiger partial charge < -0.3 is 5.32 Å². The molecule has 0 saturated heterocycles. The monoisotopic (exact) mass is 288 g/mol. The van der Waals surface area contributed by atoms with E-state index in [1.165, 1.54) is 57.8 Å². The summed E-state index contributed by atoms with van der Waals surface area (Å²) >= 11 is 0. The fourth-order valence-corrected chi connectivity index (χ4v) is 4.33. The molecule has 0 aliphatic heterocycles. The number of hydrogen-bond donors (Lipinski definition) is 2. The minimum atomic E-state index is -3.33. The molecule has 0 aromatic rings. The largest absolute Gasteiger partial charge is 0.313 e. The van der Waals surface area contributed by atoms with Crippen molar-refractivity contribution in [1.29, 1.82) is 0 Å². The highest BCUT2D eigenvalue weighted by atomic mass is 32.2. The molecule has 2 atom stereocenters. The Morgan fingerprint density at radius 3 is 2.26 bits per heavy atom. The molecule has 0 radical (unpaired) electrons. The molecular formula is C14H28N2O2S. The van der Waals surface area contributed by atoms with E-state index in [0.29, 0.717) is 12.6 Å². The van der Waals surface area contributed by atoms with Gasteiger partial charge in [-0.2, -0.15) is 0 Å². The lowest BCUT2D eigenvalue weighted by molar-refractivity contribution is 0.151. The number of rotatable bonds is 5. The lowest BCUT2D eigenvalue weighted by Crippen LogP contribution is -2.44. The van der Waals surface area contributed by atoms with E-state index < -0.39 is 10.0 Å². The van der Waals surface area contributed by atoms with Crippen LogP contribution in [0.15, 0.2) is 0 Å². The highest BCUT2D eigenvalue weighted by Gasteiger charge is 2.32. The van der Waals surface area contributed by atoms with Crippen molar-refractivity contribution < 1.29 is 8.42 Å². The van der Waals surface area contributed by atoms with Gasteiger partial charge in [0, 0.05) is 12.6 Å². The fraction of sp³-hybridized carbons (Fsp3) is 1.00. The molecule has 0 heterocycles. The van der Waals surface area contributed by atoms with E-state index in [4.69, 9.17) is 5.14 Å². The van der Waals surface area contributed by atoms with Crippen LogP contribution in [-0.2, 0) is 10.0 Å². The Labute approximate surface area is 117 Å². The van der Waals surface area contributed by atoms with Gasteiger partial charge in [0.2, 0.25) is 10.0 Å². The Hall–Kier alpha value is -0.130. The average molecular weight is 288 g/mol. The zero-order valence-electron chi connectivity index (χ0n) is 11.8. The second-order valence-electron chi connectivity index (χ2n) is 6.27. The molecule has 0 aromatic carbocycles. The second-order valence-corrected chi connectivity index (χ2v) is 8.01. The predicted octanol–water partition coefficient (Wildman–Crippen LogP) is 2.00. The van der Waals surface area contributed by atoms with Crippen LogP contribution in [0.1, 0.15) is 57.8 Å². The van der Waals surface area contributed by atoms with Crippen LogP contribution in [0, 0.1) is 11.8 Å². The zero-order valence-corrected chi connectivity index (χ0v) is 12.6. The van der Waals surface area contributed by atoms with Crippen LogP contribution in [-0.4, -0.2) is 26.8 Å². The Bertz CT molecular complexity index is 364. The number of nitrogens with one attached hydrogen (secondary N) is 1. The zero-order chi connectivity index (χ0) is 13.7. The Kier molecular flexibility index (Phi) is 5.66. The minimum Gasteiger partial charge on any atom is -0.313 e. The third kappa shape index (κ3) is 5.04. The van der Waals surface area contributed by atoms with E-state index in [1.807, 2.05) is 0 Å². The molecule has 2 aliphatic carbocycles. The summed E-state index contributed by atoms with van der Waals surface area (Å²) in [6.45, 7) is 0.507. The summed E-state index contributed by atoms with van der Waals surface area (Å²) in [5.74, 6) is 1.68. The Balaban J connectivity index is 1.84. The smallest absolute Gasteiger partial charge is 0.210 e. The third-order valence-electron chi connectivity index (χ3n) is 4.87. The fourth-order valence-electron chi connectivity index (χ4n) is 3.93. The van der Waals surface area contributed by atoms with Crippen LogP contribution < -0.4 is 10.5 Å². The summed E-state index contributed by atoms with van der Waals surface area (Å²) in [5, 5.41) is 8.53. The molecule has 4 nitrogen and oxygen atoms in total. The summed E-state index contributed by atoms with van der Waals surface area (Å²) in [7, 11) is -3.33. The van der Waals surface area contributed by atoms with Gasteiger partial charge in [0.15, 0.2) is 0 Å². The molecule has 2 fully saturated rings. The van der Waals surface area contributed by atoms with Crippen molar-refractivity contribution in [2.45, 2.75) is 63.8 Å². The van der Waals surface area contributed by atoms with E-state index in [1.54, 1.807) is 0 Å². The van der Waals surface area contributed by atoms with E-state index in [2.05, 4.69) is 5.32 Å². The van der Waals surface area contributed by atoms with Gasteiger partial charge in [-0.25, -0.2) is 13.6 Å². The van der Waals surface area contributed by atoms with Crippen molar-refractivity contribution in [2.75, 3.05) is 12.3 Å². The first-order valence-corrected chi connectivity index (χ1v) is 9.52. The Morgan fingerprint density at radius 1 is 0.947 bits per heavy atom. The number of sulfonamides is 1. The van der Waals surface area contributed by atoms with Gasteiger partial charge in [-0.1, -0.05) is 44.9 Å². The number of hydrogen-bond acceptors (Lipinski definition) is 3. The quantitative estimate of drug-likeness (QED) is 0.813. The van der Waals surface area contributed by atoms with Gasteiger partial charge >= 0.3 is 0 Å². The molecule has 2 rings (SSSR count). The van der Waals surface area contributed by atoms with Gasteiger partial charge in [0.25, 0.3) is 0 Å². The molecule has 0 bridgehead atoms. The van der Waals surface area contributed by atoms with E-state index in [-0.39, 0.29) is 5.75 Å². The minimum absolute atomic E-state index is 0.0564. The van der Waals surface area contributed by atoms with Crippen LogP contribution in [0.2, 0.25) is 0 Å². The Morgan fingerprint density at radius 2 is 1.58 bits per heavy atom. The van der Waals surface area contributed by atoms with Gasteiger partial charge in [0.1, 0.15) is 0 Å². The highest BCUT2D eigenvalue weighted by molar-refractivity contribution is 7.89. The SMILES string of the molecule is NS(=O)(=O)CCNC1CCCCC1C1CCCCC1. The number of primary sulfonamides is 1. The first-order valence-electron chi connectivity index (χ1n) is 7.80. The summed E-state index contributed by atoms with van der Waals surface area (Å²) in [6.07, 6.45) is 12.0. The first kappa shape index (κ1) is 15.3. The maximum atomic E-state index is 11.0. The average Bonchev–Trinajstić information content (AvgIpc) is 2.39. The van der Waals surface area contributed by atoms with Crippen LogP contribution >= 0.6 is 0 Å². The van der Waals surface area contributed by atoms with Gasteiger partial charge in [-0.05, 0) is 24.7 Å². The van der Waals surface area contributed by atoms with Crippen molar-refractivity contribution in [3.8, 4) is 0 Å². The lowest BCUT2D eigenvalue weighted by Gasteiger charge is -2.39. The first-order chi connectivity index (χ1) is 9.06. The highest BCUT2D eigenvalue weighted by Crippen LogP contribution is 2.38. The molecular weight excluding hydrogens is 260 g/mol. The number of nitrogens with two attached hydrogens (primary N) is 1. The molecule has 19 heavy (non-hydrogen) atoms. The molecule has 112 valence electrons. The molecule has 5 heteroatoms. The second kappa shape index (κ2) is 7.04. The van der Waals surface area contributed by atoms with Gasteiger partial charge in [0.05, 0.1) is 5.75 Å². The van der Waals surface area contributed by atoms with Crippen LogP contribution in [0.25, 0.3) is 0 Å². The van der Waals surface area contributed by atoms with Crippen molar-refractivity contribution in [3.63, 3.8) is 0 Å². The van der Waals surface area contributed by atoms with Crippen molar-refractivity contribution in [3.05, 3.63) is 0 Å². The summed E-state index contributed by atoms with van der Waals surface area (Å²) in [4.78, 5) is 0. The third-order valence-corrected chi connectivity index (χ3v) is 5.64. The van der Waals surface area contributed by atoms with Crippen molar-refractivity contribution >= 4 is 10.0 Å².